The van der Waals surface area contributed by atoms with Crippen LogP contribution in [0.2, 0.25) is 5.02 Å². The van der Waals surface area contributed by atoms with Crippen LogP contribution in [-0.2, 0) is 19.5 Å². The lowest BCUT2D eigenvalue weighted by Crippen LogP contribution is -2.43. The number of halogens is 1. The first-order chi connectivity index (χ1) is 10.1. The van der Waals surface area contributed by atoms with Gasteiger partial charge in [0.15, 0.2) is 6.29 Å². The van der Waals surface area contributed by atoms with Crippen LogP contribution in [0.5, 0.6) is 0 Å². The van der Waals surface area contributed by atoms with Crippen LogP contribution in [0.4, 0.5) is 0 Å². The SMILES string of the molecule is O=S(=O)(c1ccccc1Cl)N1CCCC(C2OCCO2)C1. The molecular formula is C14H18ClNO4S. The Bertz CT molecular complexity index is 601. The summed E-state index contributed by atoms with van der Waals surface area (Å²) in [6.07, 6.45) is 1.44. The van der Waals surface area contributed by atoms with E-state index in [1.165, 1.54) is 4.31 Å². The van der Waals surface area contributed by atoms with Crippen molar-refractivity contribution in [3.05, 3.63) is 29.3 Å². The van der Waals surface area contributed by atoms with Crippen molar-refractivity contribution in [2.75, 3.05) is 26.3 Å². The fourth-order valence-corrected chi connectivity index (χ4v) is 4.88. The zero-order valence-electron chi connectivity index (χ0n) is 11.6. The molecule has 1 aromatic carbocycles. The van der Waals surface area contributed by atoms with E-state index < -0.39 is 10.0 Å². The fraction of sp³-hybridized carbons (Fsp3) is 0.571. The van der Waals surface area contributed by atoms with Crippen LogP contribution in [0.15, 0.2) is 29.2 Å². The first-order valence-electron chi connectivity index (χ1n) is 7.07. The molecule has 21 heavy (non-hydrogen) atoms. The van der Waals surface area contributed by atoms with Gasteiger partial charge in [-0.25, -0.2) is 8.42 Å². The van der Waals surface area contributed by atoms with Crippen LogP contribution < -0.4 is 0 Å². The Kier molecular flexibility index (Phi) is 4.51. The molecule has 1 atom stereocenters. The van der Waals surface area contributed by atoms with E-state index in [9.17, 15) is 8.42 Å². The Morgan fingerprint density at radius 2 is 1.90 bits per heavy atom. The highest BCUT2D eigenvalue weighted by Gasteiger charge is 2.36. The molecular weight excluding hydrogens is 314 g/mol. The van der Waals surface area contributed by atoms with Crippen LogP contribution in [0.3, 0.4) is 0 Å². The van der Waals surface area contributed by atoms with Crippen LogP contribution in [0, 0.1) is 5.92 Å². The molecule has 1 aromatic rings. The van der Waals surface area contributed by atoms with E-state index in [2.05, 4.69) is 0 Å². The first-order valence-corrected chi connectivity index (χ1v) is 8.89. The minimum Gasteiger partial charge on any atom is -0.350 e. The Morgan fingerprint density at radius 3 is 2.62 bits per heavy atom. The Balaban J connectivity index is 1.80. The summed E-state index contributed by atoms with van der Waals surface area (Å²) in [5.41, 5.74) is 0. The highest BCUT2D eigenvalue weighted by molar-refractivity contribution is 7.89. The lowest BCUT2D eigenvalue weighted by molar-refractivity contribution is -0.0940. The van der Waals surface area contributed by atoms with Crippen molar-refractivity contribution in [1.29, 1.82) is 0 Å². The molecule has 116 valence electrons. The fourth-order valence-electron chi connectivity index (χ4n) is 2.86. The predicted molar refractivity (Wildman–Crippen MR) is 78.6 cm³/mol. The molecule has 0 aliphatic carbocycles. The van der Waals surface area contributed by atoms with E-state index in [1.54, 1.807) is 24.3 Å². The lowest BCUT2D eigenvalue weighted by Gasteiger charge is -2.34. The lowest BCUT2D eigenvalue weighted by atomic mass is 9.99. The molecule has 0 amide bonds. The maximum Gasteiger partial charge on any atom is 0.244 e. The van der Waals surface area contributed by atoms with Crippen LogP contribution in [-0.4, -0.2) is 45.3 Å². The number of benzene rings is 1. The standard InChI is InChI=1S/C14H18ClNO4S/c15-12-5-1-2-6-13(12)21(17,18)16-7-3-4-11(10-16)14-19-8-9-20-14/h1-2,5-6,11,14H,3-4,7-10H2. The average Bonchev–Trinajstić information content (AvgIpc) is 3.02. The average molecular weight is 332 g/mol. The van der Waals surface area contributed by atoms with Gasteiger partial charge in [0.05, 0.1) is 18.2 Å². The van der Waals surface area contributed by atoms with Crippen LogP contribution in [0.25, 0.3) is 0 Å². The van der Waals surface area contributed by atoms with Crippen molar-refractivity contribution in [3.63, 3.8) is 0 Å². The van der Waals surface area contributed by atoms with Gasteiger partial charge in [0.25, 0.3) is 0 Å². The van der Waals surface area contributed by atoms with E-state index >= 15 is 0 Å². The summed E-state index contributed by atoms with van der Waals surface area (Å²) in [5.74, 6) is 0.0820. The number of hydrogen-bond donors (Lipinski definition) is 0. The smallest absolute Gasteiger partial charge is 0.244 e. The van der Waals surface area contributed by atoms with Gasteiger partial charge in [-0.1, -0.05) is 23.7 Å². The Morgan fingerprint density at radius 1 is 1.19 bits per heavy atom. The maximum atomic E-state index is 12.7. The van der Waals surface area contributed by atoms with Crippen molar-refractivity contribution >= 4 is 21.6 Å². The van der Waals surface area contributed by atoms with Gasteiger partial charge in [-0.3, -0.25) is 0 Å². The zero-order chi connectivity index (χ0) is 14.9. The minimum absolute atomic E-state index is 0.0820. The third-order valence-electron chi connectivity index (χ3n) is 3.91. The molecule has 2 aliphatic rings. The normalized spacial score (nSPS) is 25.3. The van der Waals surface area contributed by atoms with Crippen molar-refractivity contribution in [3.8, 4) is 0 Å². The number of rotatable bonds is 3. The first kappa shape index (κ1) is 15.2. The number of nitrogens with zero attached hydrogens (tertiary/aromatic N) is 1. The summed E-state index contributed by atoms with van der Waals surface area (Å²) in [7, 11) is -3.56. The second kappa shape index (κ2) is 6.22. The molecule has 1 unspecified atom stereocenters. The molecule has 0 radical (unpaired) electrons. The molecule has 3 rings (SSSR count). The Labute approximate surface area is 129 Å². The second-order valence-corrected chi connectivity index (χ2v) is 7.62. The van der Waals surface area contributed by atoms with Crippen LogP contribution >= 0.6 is 11.6 Å². The van der Waals surface area contributed by atoms with E-state index in [1.807, 2.05) is 0 Å². The number of piperidine rings is 1. The van der Waals surface area contributed by atoms with Gasteiger partial charge >= 0.3 is 0 Å². The minimum atomic E-state index is -3.56. The van der Waals surface area contributed by atoms with E-state index in [-0.39, 0.29) is 22.1 Å². The third-order valence-corrected chi connectivity index (χ3v) is 6.27. The van der Waals surface area contributed by atoms with E-state index in [4.69, 9.17) is 21.1 Å². The molecule has 2 heterocycles. The quantitative estimate of drug-likeness (QED) is 0.851. The summed E-state index contributed by atoms with van der Waals surface area (Å²) in [6.45, 7) is 2.09. The zero-order valence-corrected chi connectivity index (χ0v) is 13.1. The van der Waals surface area contributed by atoms with Gasteiger partial charge in [-0.2, -0.15) is 4.31 Å². The van der Waals surface area contributed by atoms with Crippen molar-refractivity contribution in [2.24, 2.45) is 5.92 Å². The topological polar surface area (TPSA) is 55.8 Å². The van der Waals surface area contributed by atoms with Crippen LogP contribution in [0.1, 0.15) is 12.8 Å². The third kappa shape index (κ3) is 3.10. The Hall–Kier alpha value is -0.660. The van der Waals surface area contributed by atoms with Crippen molar-refractivity contribution in [1.82, 2.24) is 4.31 Å². The number of ether oxygens (including phenoxy) is 2. The number of hydrogen-bond acceptors (Lipinski definition) is 4. The molecule has 0 spiro atoms. The summed E-state index contributed by atoms with van der Waals surface area (Å²) in [6, 6.07) is 6.55. The molecule has 0 saturated carbocycles. The van der Waals surface area contributed by atoms with Gasteiger partial charge in [0.2, 0.25) is 10.0 Å². The van der Waals surface area contributed by atoms with Gasteiger partial charge < -0.3 is 9.47 Å². The van der Waals surface area contributed by atoms with Gasteiger partial charge in [0.1, 0.15) is 4.90 Å². The molecule has 0 aromatic heterocycles. The highest BCUT2D eigenvalue weighted by Crippen LogP contribution is 2.30. The molecule has 7 heteroatoms. The maximum absolute atomic E-state index is 12.7. The molecule has 2 saturated heterocycles. The molecule has 0 N–H and O–H groups in total. The van der Waals surface area contributed by atoms with E-state index in [0.29, 0.717) is 26.3 Å². The molecule has 5 nitrogen and oxygen atoms in total. The van der Waals surface area contributed by atoms with Gasteiger partial charge in [-0.05, 0) is 25.0 Å². The summed E-state index contributed by atoms with van der Waals surface area (Å²) >= 11 is 6.04. The highest BCUT2D eigenvalue weighted by atomic mass is 35.5. The summed E-state index contributed by atoms with van der Waals surface area (Å²) < 4.78 is 38.0. The summed E-state index contributed by atoms with van der Waals surface area (Å²) in [5, 5.41) is 0.257. The van der Waals surface area contributed by atoms with E-state index in [0.717, 1.165) is 12.8 Å². The monoisotopic (exact) mass is 331 g/mol. The van der Waals surface area contributed by atoms with Crippen molar-refractivity contribution < 1.29 is 17.9 Å². The molecule has 2 aliphatic heterocycles. The number of sulfonamides is 1. The summed E-state index contributed by atoms with van der Waals surface area (Å²) in [4.78, 5) is 0.167. The van der Waals surface area contributed by atoms with Gasteiger partial charge in [-0.15, -0.1) is 0 Å². The van der Waals surface area contributed by atoms with Gasteiger partial charge in [0, 0.05) is 19.0 Å². The second-order valence-electron chi connectivity index (χ2n) is 5.31. The predicted octanol–water partition coefficient (Wildman–Crippen LogP) is 2.11. The van der Waals surface area contributed by atoms with Crippen molar-refractivity contribution in [2.45, 2.75) is 24.0 Å². The molecule has 2 fully saturated rings. The largest absolute Gasteiger partial charge is 0.350 e. The molecule has 0 bridgehead atoms.